The molecule has 0 amide bonds. The molecule has 1 heterocycles. The summed E-state index contributed by atoms with van der Waals surface area (Å²) >= 11 is 0. The molecule has 0 aromatic heterocycles. The molecule has 1 saturated heterocycles. The van der Waals surface area contributed by atoms with Crippen molar-refractivity contribution in [1.82, 2.24) is 5.32 Å². The third-order valence-electron chi connectivity index (χ3n) is 4.16. The summed E-state index contributed by atoms with van der Waals surface area (Å²) in [7, 11) is 0. The minimum Gasteiger partial charge on any atom is -0.371 e. The van der Waals surface area contributed by atoms with E-state index in [1.807, 2.05) is 0 Å². The van der Waals surface area contributed by atoms with Gasteiger partial charge in [0.2, 0.25) is 0 Å². The van der Waals surface area contributed by atoms with Gasteiger partial charge in [-0.25, -0.2) is 4.39 Å². The molecule has 2 nitrogen and oxygen atoms in total. The van der Waals surface area contributed by atoms with E-state index in [4.69, 9.17) is 0 Å². The van der Waals surface area contributed by atoms with Gasteiger partial charge in [-0.2, -0.15) is 0 Å². The van der Waals surface area contributed by atoms with E-state index in [2.05, 4.69) is 30.1 Å². The van der Waals surface area contributed by atoms with Crippen LogP contribution in [0.4, 0.5) is 10.1 Å². The lowest BCUT2D eigenvalue weighted by Gasteiger charge is -2.22. The number of hydrogen-bond donors (Lipinski definition) is 1. The Morgan fingerprint density at radius 3 is 2.74 bits per heavy atom. The summed E-state index contributed by atoms with van der Waals surface area (Å²) in [6.07, 6.45) is 3.71. The van der Waals surface area contributed by atoms with E-state index in [9.17, 15) is 4.39 Å². The molecule has 104 valence electrons. The van der Waals surface area contributed by atoms with E-state index in [1.165, 1.54) is 19.3 Å². The molecule has 1 N–H and O–H groups in total. The van der Waals surface area contributed by atoms with Crippen molar-refractivity contribution in [2.75, 3.05) is 18.0 Å². The molecule has 3 heteroatoms. The smallest absolute Gasteiger partial charge is 0.125 e. The van der Waals surface area contributed by atoms with Crippen LogP contribution in [-0.2, 0) is 6.54 Å². The average molecular weight is 262 g/mol. The Bertz CT molecular complexity index is 466. The second-order valence-corrected chi connectivity index (χ2v) is 6.81. The Balaban J connectivity index is 1.73. The highest BCUT2D eigenvalue weighted by molar-refractivity contribution is 5.50. The molecule has 1 aliphatic heterocycles. The van der Waals surface area contributed by atoms with Gasteiger partial charge in [0.05, 0.1) is 0 Å². The maximum absolute atomic E-state index is 13.8. The van der Waals surface area contributed by atoms with E-state index in [0.29, 0.717) is 11.5 Å². The first kappa shape index (κ1) is 12.9. The highest BCUT2D eigenvalue weighted by Crippen LogP contribution is 2.33. The SMILES string of the molecule is CC1(C)CCN(c2cc(F)cc(CNC3CC3)c2)C1. The van der Waals surface area contributed by atoms with Crippen LogP contribution in [-0.4, -0.2) is 19.1 Å². The molecular weight excluding hydrogens is 239 g/mol. The molecule has 19 heavy (non-hydrogen) atoms. The second-order valence-electron chi connectivity index (χ2n) is 6.81. The molecule has 0 bridgehead atoms. The summed E-state index contributed by atoms with van der Waals surface area (Å²) in [6, 6.07) is 6.12. The number of nitrogens with zero attached hydrogens (tertiary/aromatic N) is 1. The van der Waals surface area contributed by atoms with Gasteiger partial charge in [-0.05, 0) is 48.4 Å². The van der Waals surface area contributed by atoms with Crippen LogP contribution in [0.3, 0.4) is 0 Å². The lowest BCUT2D eigenvalue weighted by Crippen LogP contribution is -2.23. The fraction of sp³-hybridized carbons (Fsp3) is 0.625. The van der Waals surface area contributed by atoms with Crippen LogP contribution in [0.25, 0.3) is 0 Å². The maximum atomic E-state index is 13.8. The van der Waals surface area contributed by atoms with Crippen LogP contribution >= 0.6 is 0 Å². The molecule has 2 aliphatic rings. The van der Waals surface area contributed by atoms with Gasteiger partial charge in [0.15, 0.2) is 0 Å². The third kappa shape index (κ3) is 3.27. The molecule has 0 radical (unpaired) electrons. The van der Waals surface area contributed by atoms with Gasteiger partial charge in [-0.3, -0.25) is 0 Å². The minimum atomic E-state index is -0.116. The Morgan fingerprint density at radius 1 is 1.32 bits per heavy atom. The van der Waals surface area contributed by atoms with Crippen molar-refractivity contribution in [2.45, 2.75) is 45.7 Å². The zero-order valence-corrected chi connectivity index (χ0v) is 11.9. The normalized spacial score (nSPS) is 21.9. The van der Waals surface area contributed by atoms with Crippen LogP contribution in [0.15, 0.2) is 18.2 Å². The molecular formula is C16H23FN2. The first-order valence-corrected chi connectivity index (χ1v) is 7.30. The van der Waals surface area contributed by atoms with Gasteiger partial charge in [-0.1, -0.05) is 13.8 Å². The summed E-state index contributed by atoms with van der Waals surface area (Å²) in [4.78, 5) is 2.31. The van der Waals surface area contributed by atoms with E-state index >= 15 is 0 Å². The second kappa shape index (κ2) is 4.78. The van der Waals surface area contributed by atoms with Crippen molar-refractivity contribution in [3.63, 3.8) is 0 Å². The predicted molar refractivity (Wildman–Crippen MR) is 76.9 cm³/mol. The van der Waals surface area contributed by atoms with E-state index in [1.54, 1.807) is 12.1 Å². The zero-order chi connectivity index (χ0) is 13.5. The lowest BCUT2D eigenvalue weighted by atomic mass is 9.93. The average Bonchev–Trinajstić information content (AvgIpc) is 3.09. The lowest BCUT2D eigenvalue weighted by molar-refractivity contribution is 0.418. The van der Waals surface area contributed by atoms with Crippen LogP contribution in [0.5, 0.6) is 0 Å². The first-order valence-electron chi connectivity index (χ1n) is 7.30. The minimum absolute atomic E-state index is 0.116. The number of nitrogens with one attached hydrogen (secondary N) is 1. The van der Waals surface area contributed by atoms with Gasteiger partial charge < -0.3 is 10.2 Å². The van der Waals surface area contributed by atoms with E-state index in [-0.39, 0.29) is 5.82 Å². The van der Waals surface area contributed by atoms with Gasteiger partial charge in [0, 0.05) is 31.4 Å². The molecule has 3 rings (SSSR count). The molecule has 0 spiro atoms. The van der Waals surface area contributed by atoms with Crippen molar-refractivity contribution in [3.05, 3.63) is 29.6 Å². The monoisotopic (exact) mass is 262 g/mol. The van der Waals surface area contributed by atoms with E-state index in [0.717, 1.165) is 30.9 Å². The number of benzene rings is 1. The first-order chi connectivity index (χ1) is 9.02. The Morgan fingerprint density at radius 2 is 2.11 bits per heavy atom. The largest absolute Gasteiger partial charge is 0.371 e. The van der Waals surface area contributed by atoms with Crippen LogP contribution in [0, 0.1) is 11.2 Å². The molecule has 1 saturated carbocycles. The molecule has 0 unspecified atom stereocenters. The van der Waals surface area contributed by atoms with Gasteiger partial charge >= 0.3 is 0 Å². The molecule has 1 aromatic carbocycles. The van der Waals surface area contributed by atoms with Gasteiger partial charge in [0.1, 0.15) is 5.82 Å². The van der Waals surface area contributed by atoms with Crippen molar-refractivity contribution >= 4 is 5.69 Å². The number of halogens is 1. The van der Waals surface area contributed by atoms with Crippen molar-refractivity contribution in [3.8, 4) is 0 Å². The van der Waals surface area contributed by atoms with Crippen molar-refractivity contribution < 1.29 is 4.39 Å². The predicted octanol–water partition coefficient (Wildman–Crippen LogP) is 3.31. The topological polar surface area (TPSA) is 15.3 Å². The quantitative estimate of drug-likeness (QED) is 0.895. The molecule has 1 aromatic rings. The van der Waals surface area contributed by atoms with Gasteiger partial charge in [0.25, 0.3) is 0 Å². The summed E-state index contributed by atoms with van der Waals surface area (Å²) in [6.45, 7) is 7.40. The Kier molecular flexibility index (Phi) is 3.25. The fourth-order valence-electron chi connectivity index (χ4n) is 2.80. The number of anilines is 1. The van der Waals surface area contributed by atoms with E-state index < -0.39 is 0 Å². The highest BCUT2D eigenvalue weighted by Gasteiger charge is 2.29. The molecule has 2 fully saturated rings. The van der Waals surface area contributed by atoms with Crippen molar-refractivity contribution in [2.24, 2.45) is 5.41 Å². The summed E-state index contributed by atoms with van der Waals surface area (Å²) < 4.78 is 13.8. The molecule has 1 aliphatic carbocycles. The molecule has 0 atom stereocenters. The Labute approximate surface area is 115 Å². The Hall–Kier alpha value is -1.09. The summed E-state index contributed by atoms with van der Waals surface area (Å²) in [5, 5.41) is 3.45. The summed E-state index contributed by atoms with van der Waals surface area (Å²) in [5.41, 5.74) is 2.45. The standard InChI is InChI=1S/C16H23FN2/c1-16(2)5-6-19(11-16)15-8-12(7-13(17)9-15)10-18-14-3-4-14/h7-9,14,18H,3-6,10-11H2,1-2H3. The maximum Gasteiger partial charge on any atom is 0.125 e. The fourth-order valence-corrected chi connectivity index (χ4v) is 2.80. The third-order valence-corrected chi connectivity index (χ3v) is 4.16. The number of rotatable bonds is 4. The summed E-state index contributed by atoms with van der Waals surface area (Å²) in [5.74, 6) is -0.116. The van der Waals surface area contributed by atoms with Crippen LogP contribution in [0.1, 0.15) is 38.7 Å². The van der Waals surface area contributed by atoms with Gasteiger partial charge in [-0.15, -0.1) is 0 Å². The zero-order valence-electron chi connectivity index (χ0n) is 11.9. The highest BCUT2D eigenvalue weighted by atomic mass is 19.1. The van der Waals surface area contributed by atoms with Crippen molar-refractivity contribution in [1.29, 1.82) is 0 Å². The number of hydrogen-bond acceptors (Lipinski definition) is 2. The van der Waals surface area contributed by atoms with Crippen LogP contribution in [0.2, 0.25) is 0 Å². The van der Waals surface area contributed by atoms with Crippen LogP contribution < -0.4 is 10.2 Å².